The van der Waals surface area contributed by atoms with E-state index in [2.05, 4.69) is 32.2 Å². The van der Waals surface area contributed by atoms with Gasteiger partial charge in [0.15, 0.2) is 23.0 Å². The highest BCUT2D eigenvalue weighted by Crippen LogP contribution is 2.41. The first-order chi connectivity index (χ1) is 22.7. The number of anilines is 3. The summed E-state index contributed by atoms with van der Waals surface area (Å²) < 4.78 is 5.50. The van der Waals surface area contributed by atoms with Crippen LogP contribution in [0.3, 0.4) is 0 Å². The molecular formula is C34H34N7O4PS. The Morgan fingerprint density at radius 1 is 0.809 bits per heavy atom. The van der Waals surface area contributed by atoms with Gasteiger partial charge in [0, 0.05) is 42.5 Å². The molecule has 6 N–H and O–H groups in total. The Balaban J connectivity index is 1.18. The van der Waals surface area contributed by atoms with Crippen molar-refractivity contribution in [2.45, 2.75) is 24.7 Å². The molecule has 1 atom stereocenters. The highest BCUT2D eigenvalue weighted by molar-refractivity contribution is 8.04. The molecule has 1 unspecified atom stereocenters. The average Bonchev–Trinajstić information content (AvgIpc) is 3.09. The van der Waals surface area contributed by atoms with Crippen LogP contribution in [0.15, 0.2) is 90.1 Å². The van der Waals surface area contributed by atoms with E-state index in [0.717, 1.165) is 51.6 Å². The summed E-state index contributed by atoms with van der Waals surface area (Å²) in [5, 5.41) is 12.1. The fourth-order valence-corrected chi connectivity index (χ4v) is 7.53. The minimum Gasteiger partial charge on any atom is -0.476 e. The summed E-state index contributed by atoms with van der Waals surface area (Å²) in [7, 11) is 1.31. The van der Waals surface area contributed by atoms with Crippen molar-refractivity contribution in [1.82, 2.24) is 19.9 Å². The lowest BCUT2D eigenvalue weighted by atomic mass is 10.0. The topological polar surface area (TPSA) is 179 Å². The highest BCUT2D eigenvalue weighted by Gasteiger charge is 2.16. The largest absolute Gasteiger partial charge is 0.476 e. The molecule has 5 aromatic rings. The molecule has 11 nitrogen and oxygen atoms in total. The van der Waals surface area contributed by atoms with Crippen LogP contribution in [-0.4, -0.2) is 55.7 Å². The van der Waals surface area contributed by atoms with Gasteiger partial charge in [0.05, 0.1) is 23.8 Å². The van der Waals surface area contributed by atoms with E-state index in [1.165, 1.54) is 6.20 Å². The Hall–Kier alpha value is -4.90. The van der Waals surface area contributed by atoms with E-state index >= 15 is 0 Å². The summed E-state index contributed by atoms with van der Waals surface area (Å²) in [6.45, 7) is 2.13. The molecule has 0 saturated heterocycles. The third-order valence-corrected chi connectivity index (χ3v) is 10.8. The molecule has 0 spiro atoms. The second-order valence-corrected chi connectivity index (χ2v) is 14.2. The van der Waals surface area contributed by atoms with Gasteiger partial charge in [-0.05, 0) is 54.4 Å². The molecule has 5 rings (SSSR count). The molecule has 0 bridgehead atoms. The number of hydrogen-bond acceptors (Lipinski definition) is 10. The fourth-order valence-electron chi connectivity index (χ4n) is 4.62. The number of hydrogen-bond donors (Lipinski definition) is 4. The molecule has 47 heavy (non-hydrogen) atoms. The van der Waals surface area contributed by atoms with Crippen LogP contribution in [0, 0.1) is 0 Å². The molecular weight excluding hydrogens is 633 g/mol. The van der Waals surface area contributed by atoms with Crippen LogP contribution in [0.1, 0.15) is 39.0 Å². The van der Waals surface area contributed by atoms with Crippen LogP contribution in [0.25, 0.3) is 22.5 Å². The quantitative estimate of drug-likeness (QED) is 0.0784. The predicted molar refractivity (Wildman–Crippen MR) is 188 cm³/mol. The van der Waals surface area contributed by atoms with Gasteiger partial charge < -0.3 is 26.4 Å². The number of thioether (sulfide) groups is 1. The van der Waals surface area contributed by atoms with Gasteiger partial charge in [0.25, 0.3) is 5.91 Å². The third kappa shape index (κ3) is 8.68. The summed E-state index contributed by atoms with van der Waals surface area (Å²) in [5.74, 6) is -1.71. The smallest absolute Gasteiger partial charge is 0.358 e. The number of benzene rings is 3. The summed E-state index contributed by atoms with van der Waals surface area (Å²) in [4.78, 5) is 42.4. The summed E-state index contributed by atoms with van der Waals surface area (Å²) in [6.07, 6.45) is 5.63. The maximum absolute atomic E-state index is 13.1. The van der Waals surface area contributed by atoms with E-state index in [-0.39, 0.29) is 23.0 Å². The van der Waals surface area contributed by atoms with E-state index < -0.39 is 20.0 Å². The van der Waals surface area contributed by atoms with Crippen molar-refractivity contribution in [3.8, 4) is 22.5 Å². The lowest BCUT2D eigenvalue weighted by Crippen LogP contribution is -2.17. The predicted octanol–water partition coefficient (Wildman–Crippen LogP) is 6.61. The number of carboxylic acids is 1. The number of rotatable bonds is 13. The molecule has 0 radical (unpaired) electrons. The van der Waals surface area contributed by atoms with Gasteiger partial charge >= 0.3 is 5.97 Å². The van der Waals surface area contributed by atoms with E-state index in [9.17, 15) is 14.7 Å². The van der Waals surface area contributed by atoms with Crippen molar-refractivity contribution in [3.05, 3.63) is 108 Å². The van der Waals surface area contributed by atoms with Crippen molar-refractivity contribution in [2.24, 2.45) is 0 Å². The van der Waals surface area contributed by atoms with E-state index in [1.807, 2.05) is 72.8 Å². The van der Waals surface area contributed by atoms with Crippen LogP contribution < -0.4 is 16.8 Å². The van der Waals surface area contributed by atoms with Crippen LogP contribution >= 0.6 is 19.9 Å². The van der Waals surface area contributed by atoms with Crippen molar-refractivity contribution >= 4 is 49.1 Å². The number of aromatic carboxylic acids is 1. The van der Waals surface area contributed by atoms with E-state index in [0.29, 0.717) is 17.1 Å². The van der Waals surface area contributed by atoms with Crippen molar-refractivity contribution < 1.29 is 19.2 Å². The molecule has 240 valence electrons. The molecule has 0 aliphatic heterocycles. The van der Waals surface area contributed by atoms with Crippen LogP contribution in [0.2, 0.25) is 0 Å². The molecule has 2 heterocycles. The minimum atomic E-state index is -1.22. The molecule has 13 heteroatoms. The Morgan fingerprint density at radius 2 is 1.32 bits per heavy atom. The van der Waals surface area contributed by atoms with Gasteiger partial charge in [-0.3, -0.25) is 4.79 Å². The highest BCUT2D eigenvalue weighted by atomic mass is 32.2. The van der Waals surface area contributed by atoms with Crippen LogP contribution in [0.4, 0.5) is 17.3 Å². The van der Waals surface area contributed by atoms with Crippen molar-refractivity contribution in [1.29, 1.82) is 0 Å². The first-order valence-electron chi connectivity index (χ1n) is 14.7. The average molecular weight is 668 g/mol. The Kier molecular flexibility index (Phi) is 11.1. The maximum Gasteiger partial charge on any atom is 0.358 e. The van der Waals surface area contributed by atoms with Crippen molar-refractivity contribution in [3.63, 3.8) is 0 Å². The lowest BCUT2D eigenvalue weighted by molar-refractivity contribution is 0.0691. The number of carboxylic acid groups (broad SMARTS) is 1. The minimum absolute atomic E-state index is 0.0549. The second-order valence-electron chi connectivity index (χ2n) is 10.4. The molecule has 0 aliphatic rings. The SMILES string of the molecule is CCP(CSc1ccc(NC(=O)c2nc(-c3ccc(CCc4ccc(-c5cnc(N)c(C(=O)O)n5)cc4)cc3)cnc2N)cc1)OC. The molecule has 0 fully saturated rings. The number of aromatic nitrogens is 4. The number of nitrogen functional groups attached to an aromatic ring is 2. The molecule has 3 aromatic carbocycles. The lowest BCUT2D eigenvalue weighted by Gasteiger charge is -2.12. The van der Waals surface area contributed by atoms with Gasteiger partial charge in [0.2, 0.25) is 0 Å². The third-order valence-electron chi connectivity index (χ3n) is 7.32. The van der Waals surface area contributed by atoms with Crippen molar-refractivity contribution in [2.75, 3.05) is 35.5 Å². The first kappa shape index (κ1) is 33.5. The van der Waals surface area contributed by atoms with Gasteiger partial charge in [0.1, 0.15) is 0 Å². The number of nitrogens with two attached hydrogens (primary N) is 2. The second kappa shape index (κ2) is 15.6. The van der Waals surface area contributed by atoms with Gasteiger partial charge in [-0.25, -0.2) is 24.7 Å². The molecule has 1 amide bonds. The normalized spacial score (nSPS) is 11.6. The number of nitrogens with zero attached hydrogens (tertiary/aromatic N) is 4. The summed E-state index contributed by atoms with van der Waals surface area (Å²) in [5.41, 5.74) is 17.8. The Bertz CT molecular complexity index is 1850. The van der Waals surface area contributed by atoms with Crippen LogP contribution in [0.5, 0.6) is 0 Å². The number of nitrogens with one attached hydrogen (secondary N) is 1. The zero-order valence-corrected chi connectivity index (χ0v) is 27.6. The van der Waals surface area contributed by atoms with Gasteiger partial charge in [-0.2, -0.15) is 0 Å². The van der Waals surface area contributed by atoms with E-state index in [4.69, 9.17) is 16.0 Å². The van der Waals surface area contributed by atoms with E-state index in [1.54, 1.807) is 25.1 Å². The zero-order valence-electron chi connectivity index (χ0n) is 25.9. The van der Waals surface area contributed by atoms with Crippen LogP contribution in [-0.2, 0) is 17.4 Å². The Labute approximate surface area is 278 Å². The zero-order chi connectivity index (χ0) is 33.3. The number of carbonyl (C=O) groups excluding carboxylic acids is 1. The molecule has 2 aromatic heterocycles. The van der Waals surface area contributed by atoms with Gasteiger partial charge in [-0.15, -0.1) is 11.8 Å². The molecule has 0 saturated carbocycles. The molecule has 0 aliphatic carbocycles. The standard InChI is InChI=1S/C34H34N7O4PS/c1-3-46(45-2)20-47-26-16-14-25(15-17-26)39-33(42)29-31(35)37-18-27(40-29)23-10-6-21(7-11-23)4-5-22-8-12-24(13-9-22)28-19-38-32(36)30(41-28)34(43)44/h6-19H,3-5,20H2,1-2H3,(H2,35,37)(H2,36,38)(H,39,42)(H,43,44). The monoisotopic (exact) mass is 667 g/mol. The number of aryl methyl sites for hydroxylation is 2. The van der Waals surface area contributed by atoms with Gasteiger partial charge in [-0.1, -0.05) is 55.5 Å². The number of amides is 1. The summed E-state index contributed by atoms with van der Waals surface area (Å²) in [6, 6.07) is 23.3. The fraction of sp³-hybridized carbons (Fsp3) is 0.176. The number of carbonyl (C=O) groups is 2. The first-order valence-corrected chi connectivity index (χ1v) is 17.4. The Morgan fingerprint density at radius 3 is 1.81 bits per heavy atom. The summed E-state index contributed by atoms with van der Waals surface area (Å²) >= 11 is 1.73. The maximum atomic E-state index is 13.1.